The Morgan fingerprint density at radius 3 is 2.81 bits per heavy atom. The molecule has 1 fully saturated rings. The molecule has 0 bridgehead atoms. The van der Waals surface area contributed by atoms with Gasteiger partial charge in [0.1, 0.15) is 0 Å². The third-order valence-electron chi connectivity index (χ3n) is 5.15. The predicted octanol–water partition coefficient (Wildman–Crippen LogP) is 3.82. The topological polar surface area (TPSA) is 108 Å². The summed E-state index contributed by atoms with van der Waals surface area (Å²) in [6.07, 6.45) is 1.86. The average Bonchev–Trinajstić information content (AvgIpc) is 3.44. The first kappa shape index (κ1) is 21.4. The van der Waals surface area contributed by atoms with E-state index in [1.807, 2.05) is 13.8 Å². The lowest BCUT2D eigenvalue weighted by Gasteiger charge is -2.29. The Labute approximate surface area is 181 Å². The fourth-order valence-corrected chi connectivity index (χ4v) is 5.10. The van der Waals surface area contributed by atoms with Crippen molar-refractivity contribution in [3.05, 3.63) is 30.3 Å². The first-order valence-electron chi connectivity index (χ1n) is 10.2. The third kappa shape index (κ3) is 4.31. The van der Waals surface area contributed by atoms with Crippen LogP contribution in [0.5, 0.6) is 11.5 Å². The van der Waals surface area contributed by atoms with Crippen LogP contribution in [0.15, 0.2) is 44.4 Å². The van der Waals surface area contributed by atoms with Gasteiger partial charge in [-0.2, -0.15) is 9.29 Å². The normalized spacial score (nSPS) is 17.6. The van der Waals surface area contributed by atoms with Gasteiger partial charge in [0.25, 0.3) is 15.9 Å². The molecule has 0 aliphatic carbocycles. The summed E-state index contributed by atoms with van der Waals surface area (Å²) in [6.45, 7) is 5.44. The molecule has 166 valence electrons. The molecule has 1 aromatic carbocycles. The lowest BCUT2D eigenvalue weighted by Crippen LogP contribution is -2.38. The molecule has 0 saturated carbocycles. The summed E-state index contributed by atoms with van der Waals surface area (Å²) in [7, 11) is -2.15. The van der Waals surface area contributed by atoms with E-state index in [1.54, 1.807) is 25.3 Å². The van der Waals surface area contributed by atoms with Crippen molar-refractivity contribution in [2.75, 3.05) is 26.8 Å². The van der Waals surface area contributed by atoms with Crippen molar-refractivity contribution in [2.24, 2.45) is 5.92 Å². The highest BCUT2D eigenvalue weighted by molar-refractivity contribution is 7.89. The maximum Gasteiger partial charge on any atom is 0.293 e. The van der Waals surface area contributed by atoms with Crippen molar-refractivity contribution in [3.8, 4) is 34.5 Å². The molecule has 0 N–H and O–H groups in total. The van der Waals surface area contributed by atoms with Crippen molar-refractivity contribution < 1.29 is 26.8 Å². The van der Waals surface area contributed by atoms with Crippen LogP contribution in [0, 0.1) is 5.92 Å². The van der Waals surface area contributed by atoms with Gasteiger partial charge in [0.2, 0.25) is 10.9 Å². The Hall–Kier alpha value is -2.85. The van der Waals surface area contributed by atoms with Gasteiger partial charge in [-0.05, 0) is 56.0 Å². The summed E-state index contributed by atoms with van der Waals surface area (Å²) in [5, 5.41) is 3.86. The zero-order chi connectivity index (χ0) is 22.0. The van der Waals surface area contributed by atoms with Crippen molar-refractivity contribution in [1.82, 2.24) is 14.4 Å². The maximum atomic E-state index is 12.9. The molecular formula is C21H25N3O6S. The van der Waals surface area contributed by atoms with Crippen LogP contribution in [-0.4, -0.2) is 49.7 Å². The van der Waals surface area contributed by atoms with Crippen LogP contribution >= 0.6 is 0 Å². The van der Waals surface area contributed by atoms with Crippen LogP contribution in [0.2, 0.25) is 0 Å². The Morgan fingerprint density at radius 2 is 2.06 bits per heavy atom. The molecule has 1 saturated heterocycles. The fourth-order valence-electron chi connectivity index (χ4n) is 3.59. The van der Waals surface area contributed by atoms with Gasteiger partial charge in [0.15, 0.2) is 17.3 Å². The highest BCUT2D eigenvalue weighted by Crippen LogP contribution is 2.33. The molecule has 9 nitrogen and oxygen atoms in total. The van der Waals surface area contributed by atoms with E-state index < -0.39 is 10.0 Å². The number of methoxy groups -OCH3 is 1. The molecule has 3 heterocycles. The molecule has 2 aromatic heterocycles. The van der Waals surface area contributed by atoms with Gasteiger partial charge < -0.3 is 18.4 Å². The standard InChI is InChI=1S/C21H25N3O6S/c1-4-28-16-8-7-15(12-18(16)27-3)20-22-21(30-23-20)17-9-10-19(29-17)31(25,26)24-11-5-6-14(2)13-24/h7-10,12,14H,4-6,11,13H2,1-3H3/t14-/m1/s1. The van der Waals surface area contributed by atoms with Gasteiger partial charge in [0, 0.05) is 18.7 Å². The summed E-state index contributed by atoms with van der Waals surface area (Å²) >= 11 is 0. The summed E-state index contributed by atoms with van der Waals surface area (Å²) < 4.78 is 49.0. The summed E-state index contributed by atoms with van der Waals surface area (Å²) in [4.78, 5) is 4.35. The largest absolute Gasteiger partial charge is 0.493 e. The van der Waals surface area contributed by atoms with Gasteiger partial charge in [-0.25, -0.2) is 8.42 Å². The number of nitrogens with zero attached hydrogens (tertiary/aromatic N) is 3. The maximum absolute atomic E-state index is 12.9. The van der Waals surface area contributed by atoms with E-state index in [0.717, 1.165) is 12.8 Å². The molecule has 4 rings (SSSR count). The summed E-state index contributed by atoms with van der Waals surface area (Å²) in [6, 6.07) is 8.25. The monoisotopic (exact) mass is 447 g/mol. The van der Waals surface area contributed by atoms with Crippen LogP contribution in [0.3, 0.4) is 0 Å². The molecule has 0 radical (unpaired) electrons. The number of rotatable bonds is 7. The minimum absolute atomic E-state index is 0.0938. The Morgan fingerprint density at radius 1 is 1.23 bits per heavy atom. The lowest BCUT2D eigenvalue weighted by atomic mass is 10.0. The smallest absolute Gasteiger partial charge is 0.293 e. The van der Waals surface area contributed by atoms with Crippen molar-refractivity contribution in [1.29, 1.82) is 0 Å². The molecular weight excluding hydrogens is 422 g/mol. The third-order valence-corrected chi connectivity index (χ3v) is 6.89. The number of furan rings is 1. The lowest BCUT2D eigenvalue weighted by molar-refractivity contribution is 0.274. The van der Waals surface area contributed by atoms with Crippen LogP contribution in [0.4, 0.5) is 0 Å². The molecule has 0 unspecified atom stereocenters. The SMILES string of the molecule is CCOc1ccc(-c2noc(-c3ccc(S(=O)(=O)N4CCC[C@@H](C)C4)o3)n2)cc1OC. The van der Waals surface area contributed by atoms with Crippen LogP contribution in [0.1, 0.15) is 26.7 Å². The summed E-state index contributed by atoms with van der Waals surface area (Å²) in [5.41, 5.74) is 0.664. The van der Waals surface area contributed by atoms with Gasteiger partial charge in [-0.1, -0.05) is 12.1 Å². The van der Waals surface area contributed by atoms with Gasteiger partial charge in [0.05, 0.1) is 13.7 Å². The quantitative estimate of drug-likeness (QED) is 0.538. The second-order valence-electron chi connectivity index (χ2n) is 7.45. The van der Waals surface area contributed by atoms with E-state index in [1.165, 1.54) is 16.4 Å². The molecule has 0 amide bonds. The average molecular weight is 448 g/mol. The van der Waals surface area contributed by atoms with Gasteiger partial charge >= 0.3 is 0 Å². The van der Waals surface area contributed by atoms with Crippen LogP contribution < -0.4 is 9.47 Å². The van der Waals surface area contributed by atoms with E-state index in [2.05, 4.69) is 10.1 Å². The molecule has 0 spiro atoms. The van der Waals surface area contributed by atoms with E-state index in [4.69, 9.17) is 18.4 Å². The highest BCUT2D eigenvalue weighted by atomic mass is 32.2. The van der Waals surface area contributed by atoms with Crippen LogP contribution in [-0.2, 0) is 10.0 Å². The first-order valence-corrected chi connectivity index (χ1v) is 11.6. The zero-order valence-electron chi connectivity index (χ0n) is 17.7. The predicted molar refractivity (Wildman–Crippen MR) is 112 cm³/mol. The van der Waals surface area contributed by atoms with E-state index in [-0.39, 0.29) is 16.7 Å². The molecule has 3 aromatic rings. The van der Waals surface area contributed by atoms with Crippen molar-refractivity contribution >= 4 is 10.0 Å². The Kier molecular flexibility index (Phi) is 6.01. The number of ether oxygens (including phenoxy) is 2. The summed E-state index contributed by atoms with van der Waals surface area (Å²) in [5.74, 6) is 2.10. The number of sulfonamides is 1. The molecule has 31 heavy (non-hydrogen) atoms. The van der Waals surface area contributed by atoms with Crippen molar-refractivity contribution in [2.45, 2.75) is 31.8 Å². The highest BCUT2D eigenvalue weighted by Gasteiger charge is 2.31. The number of piperidine rings is 1. The first-order chi connectivity index (χ1) is 14.9. The number of hydrogen-bond acceptors (Lipinski definition) is 8. The molecule has 1 aliphatic rings. The van der Waals surface area contributed by atoms with Gasteiger partial charge in [-0.3, -0.25) is 0 Å². The van der Waals surface area contributed by atoms with Crippen LogP contribution in [0.25, 0.3) is 23.0 Å². The molecule has 1 atom stereocenters. The number of hydrogen-bond donors (Lipinski definition) is 0. The Bertz CT molecular complexity index is 1150. The van der Waals surface area contributed by atoms with E-state index >= 15 is 0 Å². The second-order valence-corrected chi connectivity index (χ2v) is 9.32. The minimum Gasteiger partial charge on any atom is -0.493 e. The van der Waals surface area contributed by atoms with Gasteiger partial charge in [-0.15, -0.1) is 0 Å². The number of aromatic nitrogens is 2. The zero-order valence-corrected chi connectivity index (χ0v) is 18.5. The second kappa shape index (κ2) is 8.72. The Balaban J connectivity index is 1.57. The molecule has 10 heteroatoms. The van der Waals surface area contributed by atoms with Crippen molar-refractivity contribution in [3.63, 3.8) is 0 Å². The van der Waals surface area contributed by atoms with E-state index in [9.17, 15) is 8.42 Å². The number of benzene rings is 1. The van der Waals surface area contributed by atoms with E-state index in [0.29, 0.717) is 48.5 Å². The minimum atomic E-state index is -3.70. The molecule has 1 aliphatic heterocycles. The fraction of sp³-hybridized carbons (Fsp3) is 0.429.